The van der Waals surface area contributed by atoms with Crippen LogP contribution in [-0.4, -0.2) is 45.7 Å². The molecule has 186 valence electrons. The average molecular weight is 560 g/mol. The molecule has 4 heterocycles. The first kappa shape index (κ1) is 23.4. The van der Waals surface area contributed by atoms with Gasteiger partial charge in [-0.2, -0.15) is 0 Å². The lowest BCUT2D eigenvalue weighted by molar-refractivity contribution is -0.121. The molecule has 0 radical (unpaired) electrons. The first-order chi connectivity index (χ1) is 18.0. The van der Waals surface area contributed by atoms with Crippen molar-refractivity contribution >= 4 is 50.2 Å². The molecule has 0 bridgehead atoms. The third kappa shape index (κ3) is 4.37. The molecule has 37 heavy (non-hydrogen) atoms. The highest BCUT2D eigenvalue weighted by atomic mass is 79.9. The Balaban J connectivity index is 1.20. The Labute approximate surface area is 220 Å². The van der Waals surface area contributed by atoms with Crippen LogP contribution >= 0.6 is 15.9 Å². The van der Waals surface area contributed by atoms with E-state index in [1.54, 1.807) is 11.1 Å². The zero-order chi connectivity index (χ0) is 25.5. The van der Waals surface area contributed by atoms with Gasteiger partial charge in [-0.15, -0.1) is 0 Å². The summed E-state index contributed by atoms with van der Waals surface area (Å²) in [6.45, 7) is 0.917. The number of ketones is 1. The number of carbonyl (C=O) groups is 3. The number of rotatable bonds is 5. The van der Waals surface area contributed by atoms with Gasteiger partial charge in [-0.05, 0) is 41.8 Å². The quantitative estimate of drug-likeness (QED) is 0.385. The number of aromatic amines is 1. The Morgan fingerprint density at radius 2 is 2.00 bits per heavy atom. The second-order valence-electron chi connectivity index (χ2n) is 9.13. The van der Waals surface area contributed by atoms with Crippen molar-refractivity contribution in [2.75, 3.05) is 18.1 Å². The first-order valence-corrected chi connectivity index (χ1v) is 12.7. The number of amides is 2. The van der Waals surface area contributed by atoms with E-state index in [-0.39, 0.29) is 42.4 Å². The van der Waals surface area contributed by atoms with Crippen LogP contribution < -0.4 is 15.0 Å². The summed E-state index contributed by atoms with van der Waals surface area (Å²) in [5.74, 6) is 0.137. The fourth-order valence-corrected chi connectivity index (χ4v) is 5.20. The summed E-state index contributed by atoms with van der Waals surface area (Å²) in [5, 5.41) is 2.89. The van der Waals surface area contributed by atoms with Gasteiger partial charge >= 0.3 is 0 Å². The zero-order valence-electron chi connectivity index (χ0n) is 19.7. The van der Waals surface area contributed by atoms with Crippen molar-refractivity contribution in [2.24, 2.45) is 0 Å². The van der Waals surface area contributed by atoms with Crippen LogP contribution in [0.1, 0.15) is 39.5 Å². The second-order valence-corrected chi connectivity index (χ2v) is 10.0. The van der Waals surface area contributed by atoms with E-state index >= 15 is 0 Å². The van der Waals surface area contributed by atoms with E-state index in [4.69, 9.17) is 4.74 Å². The zero-order valence-corrected chi connectivity index (χ0v) is 21.2. The number of hydrogen-bond donors (Lipinski definition) is 2. The Morgan fingerprint density at radius 1 is 1.16 bits per heavy atom. The summed E-state index contributed by atoms with van der Waals surface area (Å²) < 4.78 is 6.40. The van der Waals surface area contributed by atoms with Crippen LogP contribution in [0.3, 0.4) is 0 Å². The van der Waals surface area contributed by atoms with Crippen LogP contribution in [0.2, 0.25) is 0 Å². The van der Waals surface area contributed by atoms with Gasteiger partial charge in [0.15, 0.2) is 11.5 Å². The number of benzene rings is 2. The van der Waals surface area contributed by atoms with Crippen molar-refractivity contribution < 1.29 is 19.1 Å². The van der Waals surface area contributed by atoms with E-state index in [2.05, 4.69) is 36.2 Å². The number of ether oxygens (including phenoxy) is 1. The topological polar surface area (TPSA) is 117 Å². The maximum absolute atomic E-state index is 13.3. The van der Waals surface area contributed by atoms with Crippen LogP contribution in [0.15, 0.2) is 59.5 Å². The van der Waals surface area contributed by atoms with Crippen LogP contribution in [-0.2, 0) is 22.6 Å². The molecule has 1 saturated heterocycles. The minimum Gasteiger partial charge on any atom is -0.486 e. The number of carbonyl (C=O) groups excluding carboxylic acids is 3. The Bertz CT molecular complexity index is 1550. The number of fused-ring (bicyclic) bond motifs is 2. The third-order valence-corrected chi connectivity index (χ3v) is 7.31. The predicted molar refractivity (Wildman–Crippen MR) is 140 cm³/mol. The largest absolute Gasteiger partial charge is 0.486 e. The van der Waals surface area contributed by atoms with Crippen molar-refractivity contribution in [3.63, 3.8) is 0 Å². The van der Waals surface area contributed by atoms with Crippen molar-refractivity contribution in [1.29, 1.82) is 0 Å². The molecule has 1 fully saturated rings. The van der Waals surface area contributed by atoms with Gasteiger partial charge in [-0.3, -0.25) is 14.4 Å². The normalized spacial score (nSPS) is 17.1. The highest BCUT2D eigenvalue weighted by Crippen LogP contribution is 2.36. The van der Waals surface area contributed by atoms with Crippen LogP contribution in [0.25, 0.3) is 11.0 Å². The van der Waals surface area contributed by atoms with Gasteiger partial charge in [0.05, 0.1) is 17.1 Å². The third-order valence-electron chi connectivity index (χ3n) is 6.78. The van der Waals surface area contributed by atoms with Gasteiger partial charge in [0.1, 0.15) is 24.2 Å². The molecule has 2 amide bonds. The molecular weight excluding hydrogens is 538 g/mol. The Hall–Kier alpha value is -4.05. The molecule has 0 saturated carbocycles. The van der Waals surface area contributed by atoms with Crippen molar-refractivity contribution in [2.45, 2.75) is 25.3 Å². The molecule has 6 rings (SSSR count). The van der Waals surface area contributed by atoms with Crippen molar-refractivity contribution in [3.05, 3.63) is 81.8 Å². The van der Waals surface area contributed by atoms with E-state index < -0.39 is 0 Å². The first-order valence-electron chi connectivity index (χ1n) is 11.9. The molecule has 1 unspecified atom stereocenters. The maximum Gasteiger partial charge on any atom is 0.272 e. The fraction of sp³-hybridized carbons (Fsp3) is 0.222. The molecule has 2 N–H and O–H groups in total. The lowest BCUT2D eigenvalue weighted by atomic mass is 9.98. The lowest BCUT2D eigenvalue weighted by Crippen LogP contribution is -2.26. The molecule has 2 aromatic carbocycles. The number of hydrogen-bond acceptors (Lipinski definition) is 6. The van der Waals surface area contributed by atoms with Gasteiger partial charge in [0.2, 0.25) is 5.91 Å². The van der Waals surface area contributed by atoms with E-state index in [0.717, 1.165) is 21.2 Å². The summed E-state index contributed by atoms with van der Waals surface area (Å²) >= 11 is 3.44. The molecule has 0 spiro atoms. The molecule has 9 nitrogen and oxygen atoms in total. The highest BCUT2D eigenvalue weighted by molar-refractivity contribution is 9.10. The fourth-order valence-electron chi connectivity index (χ4n) is 4.94. The number of halogens is 1. The SMILES string of the molecule is O=C1COc2ccc(CNC(=O)c3ncnc4c(N5CCC(c6ccc(Br)cc6)C5=O)c[nH]c34)cc2C1. The number of anilines is 1. The van der Waals surface area contributed by atoms with Gasteiger partial charge in [0, 0.05) is 35.7 Å². The molecule has 0 aliphatic carbocycles. The van der Waals surface area contributed by atoms with Crippen LogP contribution in [0.5, 0.6) is 5.75 Å². The molecule has 2 aromatic heterocycles. The summed E-state index contributed by atoms with van der Waals surface area (Å²) in [5.41, 5.74) is 4.47. The summed E-state index contributed by atoms with van der Waals surface area (Å²) in [6, 6.07) is 13.3. The van der Waals surface area contributed by atoms with Gasteiger partial charge in [0.25, 0.3) is 5.91 Å². The van der Waals surface area contributed by atoms with E-state index in [9.17, 15) is 14.4 Å². The van der Waals surface area contributed by atoms with Crippen molar-refractivity contribution in [3.8, 4) is 5.75 Å². The van der Waals surface area contributed by atoms with Gasteiger partial charge in [-0.25, -0.2) is 9.97 Å². The number of aromatic nitrogens is 3. The molecule has 2 aliphatic heterocycles. The maximum atomic E-state index is 13.3. The monoisotopic (exact) mass is 559 g/mol. The second kappa shape index (κ2) is 9.44. The Morgan fingerprint density at radius 3 is 2.84 bits per heavy atom. The van der Waals surface area contributed by atoms with Crippen molar-refractivity contribution in [1.82, 2.24) is 20.3 Å². The van der Waals surface area contributed by atoms with Gasteiger partial charge in [-0.1, -0.05) is 34.1 Å². The highest BCUT2D eigenvalue weighted by Gasteiger charge is 2.35. The smallest absolute Gasteiger partial charge is 0.272 e. The molecular formula is C27H22BrN5O4. The average Bonchev–Trinajstić information content (AvgIpc) is 3.50. The van der Waals surface area contributed by atoms with E-state index in [1.807, 2.05) is 42.5 Å². The molecule has 4 aromatic rings. The molecule has 2 aliphatic rings. The summed E-state index contributed by atoms with van der Waals surface area (Å²) in [6.07, 6.45) is 4.07. The van der Waals surface area contributed by atoms with E-state index in [1.165, 1.54) is 6.33 Å². The molecule has 10 heteroatoms. The lowest BCUT2D eigenvalue weighted by Gasteiger charge is -2.17. The predicted octanol–water partition coefficient (Wildman–Crippen LogP) is 3.67. The number of nitrogens with zero attached hydrogens (tertiary/aromatic N) is 3. The number of H-pyrrole nitrogens is 1. The Kier molecular flexibility index (Phi) is 5.96. The van der Waals surface area contributed by atoms with Crippen LogP contribution in [0.4, 0.5) is 5.69 Å². The van der Waals surface area contributed by atoms with Gasteiger partial charge < -0.3 is 19.9 Å². The standard InChI is InChI=1S/C27H22BrN5O4/c28-18-4-2-16(3-5-18)20-7-8-33(27(20)36)21-12-29-24-23(21)31-14-32-25(24)26(35)30-11-15-1-6-22-17(9-15)10-19(34)13-37-22/h1-6,9,12,14,20,29H,7-8,10-11,13H2,(H,30,35). The number of nitrogens with one attached hydrogen (secondary N) is 2. The minimum absolute atomic E-state index is 0.00251. The number of Topliss-reactive ketones (excluding diaryl/α,β-unsaturated/α-hetero) is 1. The summed E-state index contributed by atoms with van der Waals surface area (Å²) in [7, 11) is 0. The van der Waals surface area contributed by atoms with Crippen LogP contribution in [0, 0.1) is 0 Å². The minimum atomic E-state index is -0.369. The molecule has 1 atom stereocenters. The van der Waals surface area contributed by atoms with E-state index in [0.29, 0.717) is 41.9 Å². The summed E-state index contributed by atoms with van der Waals surface area (Å²) in [4.78, 5) is 51.4.